The van der Waals surface area contributed by atoms with Gasteiger partial charge in [0.2, 0.25) is 0 Å². The van der Waals surface area contributed by atoms with Crippen molar-refractivity contribution in [3.8, 4) is 5.69 Å². The normalized spacial score (nSPS) is 11.1. The molecule has 0 amide bonds. The van der Waals surface area contributed by atoms with Crippen LogP contribution in [0.25, 0.3) is 5.69 Å². The summed E-state index contributed by atoms with van der Waals surface area (Å²) in [7, 11) is 0. The van der Waals surface area contributed by atoms with Gasteiger partial charge in [-0.1, -0.05) is 41.9 Å². The molecule has 0 aliphatic heterocycles. The number of para-hydroxylation sites is 2. The van der Waals surface area contributed by atoms with Crippen molar-refractivity contribution in [2.24, 2.45) is 4.99 Å². The SMILES string of the molecule is Clc1ccccc1N=Cc1ccn(-c2ccccc2)c1. The molecule has 0 aliphatic carbocycles. The molecule has 0 radical (unpaired) electrons. The van der Waals surface area contributed by atoms with E-state index in [2.05, 4.69) is 21.7 Å². The van der Waals surface area contributed by atoms with E-state index in [4.69, 9.17) is 11.6 Å². The Bertz CT molecular complexity index is 730. The van der Waals surface area contributed by atoms with Gasteiger partial charge >= 0.3 is 0 Å². The summed E-state index contributed by atoms with van der Waals surface area (Å²) >= 11 is 6.07. The standard InChI is InChI=1S/C17H13ClN2/c18-16-8-4-5-9-17(16)19-12-14-10-11-20(13-14)15-6-2-1-3-7-15/h1-13H. The summed E-state index contributed by atoms with van der Waals surface area (Å²) in [6.07, 6.45) is 5.87. The molecule has 98 valence electrons. The summed E-state index contributed by atoms with van der Waals surface area (Å²) in [5.74, 6) is 0. The van der Waals surface area contributed by atoms with E-state index in [1.54, 1.807) is 0 Å². The molecule has 0 unspecified atom stereocenters. The van der Waals surface area contributed by atoms with Gasteiger partial charge in [0.05, 0.1) is 10.7 Å². The minimum atomic E-state index is 0.659. The van der Waals surface area contributed by atoms with E-state index in [1.165, 1.54) is 0 Å². The molecule has 3 heteroatoms. The van der Waals surface area contributed by atoms with E-state index >= 15 is 0 Å². The Balaban J connectivity index is 1.83. The zero-order valence-electron chi connectivity index (χ0n) is 10.8. The predicted molar refractivity (Wildman–Crippen MR) is 84.5 cm³/mol. The third kappa shape index (κ3) is 2.81. The number of nitrogens with zero attached hydrogens (tertiary/aromatic N) is 2. The van der Waals surface area contributed by atoms with Gasteiger partial charge in [0.15, 0.2) is 0 Å². The van der Waals surface area contributed by atoms with Crippen molar-refractivity contribution in [1.29, 1.82) is 0 Å². The number of aliphatic imine (C=N–C) groups is 1. The molecular formula is C17H13ClN2. The lowest BCUT2D eigenvalue weighted by Gasteiger charge is -2.00. The van der Waals surface area contributed by atoms with E-state index in [-0.39, 0.29) is 0 Å². The Hall–Kier alpha value is -2.32. The summed E-state index contributed by atoms with van der Waals surface area (Å²) in [4.78, 5) is 4.41. The second-order valence-electron chi connectivity index (χ2n) is 4.40. The van der Waals surface area contributed by atoms with Gasteiger partial charge in [-0.3, -0.25) is 4.99 Å². The van der Waals surface area contributed by atoms with Crippen molar-refractivity contribution in [2.75, 3.05) is 0 Å². The molecule has 0 saturated heterocycles. The zero-order chi connectivity index (χ0) is 13.8. The fourth-order valence-corrected chi connectivity index (χ4v) is 2.14. The minimum absolute atomic E-state index is 0.659. The van der Waals surface area contributed by atoms with Crippen molar-refractivity contribution in [3.63, 3.8) is 0 Å². The molecule has 1 heterocycles. The Kier molecular flexibility index (Phi) is 3.66. The summed E-state index contributed by atoms with van der Waals surface area (Å²) in [6.45, 7) is 0. The smallest absolute Gasteiger partial charge is 0.0816 e. The Morgan fingerprint density at radius 2 is 1.65 bits per heavy atom. The summed E-state index contributed by atoms with van der Waals surface area (Å²) < 4.78 is 2.06. The van der Waals surface area contributed by atoms with E-state index < -0.39 is 0 Å². The third-order valence-electron chi connectivity index (χ3n) is 2.98. The first-order valence-corrected chi connectivity index (χ1v) is 6.73. The first kappa shape index (κ1) is 12.7. The molecule has 2 nitrogen and oxygen atoms in total. The molecule has 0 atom stereocenters. The highest BCUT2D eigenvalue weighted by molar-refractivity contribution is 6.33. The second-order valence-corrected chi connectivity index (χ2v) is 4.80. The van der Waals surface area contributed by atoms with Gasteiger partial charge < -0.3 is 4.57 Å². The lowest BCUT2D eigenvalue weighted by molar-refractivity contribution is 1.08. The fourth-order valence-electron chi connectivity index (χ4n) is 1.95. The van der Waals surface area contributed by atoms with E-state index in [1.807, 2.05) is 67.1 Å². The highest BCUT2D eigenvalue weighted by Gasteiger charge is 1.98. The molecule has 2 aromatic carbocycles. The lowest BCUT2D eigenvalue weighted by atomic mass is 10.3. The Morgan fingerprint density at radius 3 is 2.45 bits per heavy atom. The van der Waals surface area contributed by atoms with Crippen molar-refractivity contribution < 1.29 is 0 Å². The number of rotatable bonds is 3. The molecule has 0 fully saturated rings. The summed E-state index contributed by atoms with van der Waals surface area (Å²) in [5, 5.41) is 0.659. The molecular weight excluding hydrogens is 268 g/mol. The van der Waals surface area contributed by atoms with Crippen LogP contribution in [0.1, 0.15) is 5.56 Å². The van der Waals surface area contributed by atoms with Crippen LogP contribution < -0.4 is 0 Å². The number of hydrogen-bond donors (Lipinski definition) is 0. The maximum atomic E-state index is 6.07. The molecule has 3 rings (SSSR count). The van der Waals surface area contributed by atoms with Crippen LogP contribution in [0.15, 0.2) is 78.0 Å². The molecule has 0 N–H and O–H groups in total. The van der Waals surface area contributed by atoms with Gasteiger partial charge in [0, 0.05) is 29.9 Å². The fraction of sp³-hybridized carbons (Fsp3) is 0. The van der Waals surface area contributed by atoms with Crippen molar-refractivity contribution in [3.05, 3.63) is 83.6 Å². The van der Waals surface area contributed by atoms with Crippen molar-refractivity contribution in [1.82, 2.24) is 4.57 Å². The first-order chi connectivity index (χ1) is 9.83. The van der Waals surface area contributed by atoms with E-state index in [0.717, 1.165) is 16.9 Å². The molecule has 20 heavy (non-hydrogen) atoms. The summed E-state index contributed by atoms with van der Waals surface area (Å²) in [5.41, 5.74) is 2.94. The Labute approximate surface area is 123 Å². The highest BCUT2D eigenvalue weighted by atomic mass is 35.5. The van der Waals surface area contributed by atoms with Crippen LogP contribution in [0, 0.1) is 0 Å². The van der Waals surface area contributed by atoms with Crippen LogP contribution >= 0.6 is 11.6 Å². The topological polar surface area (TPSA) is 17.3 Å². The van der Waals surface area contributed by atoms with E-state index in [0.29, 0.717) is 5.02 Å². The van der Waals surface area contributed by atoms with Crippen LogP contribution in [-0.2, 0) is 0 Å². The van der Waals surface area contributed by atoms with Crippen molar-refractivity contribution in [2.45, 2.75) is 0 Å². The van der Waals surface area contributed by atoms with Crippen molar-refractivity contribution >= 4 is 23.5 Å². The van der Waals surface area contributed by atoms with Crippen LogP contribution in [-0.4, -0.2) is 10.8 Å². The first-order valence-electron chi connectivity index (χ1n) is 6.35. The molecule has 0 bridgehead atoms. The van der Waals surface area contributed by atoms with Gasteiger partial charge in [-0.2, -0.15) is 0 Å². The predicted octanol–water partition coefficient (Wildman–Crippen LogP) is 4.88. The average Bonchev–Trinajstić information content (AvgIpc) is 2.96. The summed E-state index contributed by atoms with van der Waals surface area (Å²) in [6, 6.07) is 19.8. The quantitative estimate of drug-likeness (QED) is 0.608. The van der Waals surface area contributed by atoms with Gasteiger partial charge in [0.25, 0.3) is 0 Å². The monoisotopic (exact) mass is 280 g/mol. The van der Waals surface area contributed by atoms with Gasteiger partial charge in [0.1, 0.15) is 0 Å². The van der Waals surface area contributed by atoms with Gasteiger partial charge in [-0.15, -0.1) is 0 Å². The Morgan fingerprint density at radius 1 is 0.900 bits per heavy atom. The van der Waals surface area contributed by atoms with Crippen LogP contribution in [0.2, 0.25) is 5.02 Å². The number of hydrogen-bond acceptors (Lipinski definition) is 1. The lowest BCUT2D eigenvalue weighted by Crippen LogP contribution is -1.88. The van der Waals surface area contributed by atoms with Gasteiger partial charge in [-0.05, 0) is 30.3 Å². The van der Waals surface area contributed by atoms with Crippen LogP contribution in [0.4, 0.5) is 5.69 Å². The van der Waals surface area contributed by atoms with Gasteiger partial charge in [-0.25, -0.2) is 0 Å². The number of benzene rings is 2. The molecule has 3 aromatic rings. The number of aromatic nitrogens is 1. The molecule has 0 spiro atoms. The maximum absolute atomic E-state index is 6.07. The third-order valence-corrected chi connectivity index (χ3v) is 3.29. The largest absolute Gasteiger partial charge is 0.323 e. The van der Waals surface area contributed by atoms with E-state index in [9.17, 15) is 0 Å². The maximum Gasteiger partial charge on any atom is 0.0816 e. The molecule has 1 aromatic heterocycles. The average molecular weight is 281 g/mol. The highest BCUT2D eigenvalue weighted by Crippen LogP contribution is 2.23. The molecule has 0 saturated carbocycles. The zero-order valence-corrected chi connectivity index (χ0v) is 11.5. The second kappa shape index (κ2) is 5.76. The molecule has 0 aliphatic rings. The minimum Gasteiger partial charge on any atom is -0.323 e. The van der Waals surface area contributed by atoms with Crippen LogP contribution in [0.3, 0.4) is 0 Å². The number of halogens is 1. The van der Waals surface area contributed by atoms with Crippen LogP contribution in [0.5, 0.6) is 0 Å².